The van der Waals surface area contributed by atoms with Crippen molar-refractivity contribution in [3.63, 3.8) is 0 Å². The van der Waals surface area contributed by atoms with Gasteiger partial charge in [0.2, 0.25) is 5.91 Å². The van der Waals surface area contributed by atoms with Crippen LogP contribution in [0.5, 0.6) is 5.75 Å². The summed E-state index contributed by atoms with van der Waals surface area (Å²) in [6.07, 6.45) is 2.39. The highest BCUT2D eigenvalue weighted by Gasteiger charge is 2.34. The molecule has 1 aromatic carbocycles. The Morgan fingerprint density at radius 3 is 2.72 bits per heavy atom. The summed E-state index contributed by atoms with van der Waals surface area (Å²) in [6.45, 7) is 7.42. The second kappa shape index (κ2) is 11.3. The number of hydrogen-bond donors (Lipinski definition) is 1. The third kappa shape index (κ3) is 5.79. The number of hydrogen-bond acceptors (Lipinski definition) is 4. The number of nitrogens with one attached hydrogen (secondary N) is 1. The largest absolute Gasteiger partial charge is 0.491 e. The monoisotopic (exact) mass is 461 g/mol. The van der Waals surface area contributed by atoms with E-state index < -0.39 is 0 Å². The molecule has 1 aliphatic rings. The van der Waals surface area contributed by atoms with Crippen molar-refractivity contribution in [2.75, 3.05) is 26.2 Å². The quantitative estimate of drug-likeness (QED) is 0.593. The molecule has 0 spiro atoms. The van der Waals surface area contributed by atoms with Crippen molar-refractivity contribution >= 4 is 23.3 Å². The lowest BCUT2D eigenvalue weighted by atomic mass is 10.00. The molecule has 2 unspecified atom stereocenters. The van der Waals surface area contributed by atoms with Crippen molar-refractivity contribution in [3.05, 3.63) is 52.0 Å². The predicted molar refractivity (Wildman–Crippen MR) is 125 cm³/mol. The predicted octanol–water partition coefficient (Wildman–Crippen LogP) is 4.61. The van der Waals surface area contributed by atoms with Crippen LogP contribution in [0.2, 0.25) is 0 Å². The van der Waals surface area contributed by atoms with Crippen molar-refractivity contribution in [1.29, 1.82) is 0 Å². The molecule has 3 amide bonds. The molecule has 0 bridgehead atoms. The third-order valence-corrected chi connectivity index (χ3v) is 6.85. The summed E-state index contributed by atoms with van der Waals surface area (Å²) in [5.41, 5.74) is 1.09. The molecular weight excluding hydrogens is 429 g/mol. The summed E-state index contributed by atoms with van der Waals surface area (Å²) in [6, 6.07) is 7.41. The van der Waals surface area contributed by atoms with Crippen molar-refractivity contribution in [1.82, 2.24) is 15.1 Å². The average Bonchev–Trinajstić information content (AvgIpc) is 3.29. The molecule has 3 rings (SSSR count). The molecule has 0 aliphatic carbocycles. The number of fused-ring (bicyclic) bond motifs is 1. The van der Waals surface area contributed by atoms with E-state index in [1.54, 1.807) is 28.4 Å². The number of urea groups is 1. The molecule has 8 heteroatoms. The zero-order valence-corrected chi connectivity index (χ0v) is 19.8. The maximum atomic E-state index is 13.4. The lowest BCUT2D eigenvalue weighted by molar-refractivity contribution is -0.135. The summed E-state index contributed by atoms with van der Waals surface area (Å²) in [5.74, 6) is 0.140. The first-order valence-electron chi connectivity index (χ1n) is 11.2. The number of halogens is 1. The van der Waals surface area contributed by atoms with Gasteiger partial charge in [-0.25, -0.2) is 9.18 Å². The number of carbonyl (C=O) groups excluding carboxylic acids is 2. The zero-order chi connectivity index (χ0) is 23.1. The standard InChI is InChI=1S/C24H32FN3O3S/c1-4-12-26-24(30)28(17(3)5-2)15-23(29)27-13-10-22-20(11-14-32-22)21(27)16-31-19-8-6-18(25)7-9-19/h6-9,11,14,17,21H,4-5,10,12-13,15-16H2,1-3H3,(H,26,30). The second-order valence-electron chi connectivity index (χ2n) is 8.03. The Balaban J connectivity index is 1.75. The Kier molecular flexibility index (Phi) is 8.50. The van der Waals surface area contributed by atoms with E-state index in [0.29, 0.717) is 18.8 Å². The third-order valence-electron chi connectivity index (χ3n) is 5.85. The van der Waals surface area contributed by atoms with Gasteiger partial charge < -0.3 is 19.9 Å². The smallest absolute Gasteiger partial charge is 0.318 e. The minimum atomic E-state index is -0.321. The Hall–Kier alpha value is -2.61. The highest BCUT2D eigenvalue weighted by atomic mass is 32.1. The molecule has 2 heterocycles. The Bertz CT molecular complexity index is 902. The van der Waals surface area contributed by atoms with Crippen LogP contribution in [0, 0.1) is 5.82 Å². The van der Waals surface area contributed by atoms with Gasteiger partial charge in [0.05, 0.1) is 6.04 Å². The number of carbonyl (C=O) groups is 2. The van der Waals surface area contributed by atoms with Crippen molar-refractivity contribution < 1.29 is 18.7 Å². The number of nitrogens with zero attached hydrogens (tertiary/aromatic N) is 2. The molecule has 1 aromatic heterocycles. The Morgan fingerprint density at radius 2 is 2.03 bits per heavy atom. The van der Waals surface area contributed by atoms with E-state index in [-0.39, 0.29) is 43.0 Å². The molecule has 0 saturated carbocycles. The van der Waals surface area contributed by atoms with Crippen LogP contribution in [0.3, 0.4) is 0 Å². The second-order valence-corrected chi connectivity index (χ2v) is 9.03. The fourth-order valence-electron chi connectivity index (χ4n) is 3.80. The minimum Gasteiger partial charge on any atom is -0.491 e. The fraction of sp³-hybridized carbons (Fsp3) is 0.500. The van der Waals surface area contributed by atoms with Gasteiger partial charge in [0, 0.05) is 24.0 Å². The molecule has 0 saturated heterocycles. The topological polar surface area (TPSA) is 61.9 Å². The van der Waals surface area contributed by atoms with E-state index in [4.69, 9.17) is 4.74 Å². The van der Waals surface area contributed by atoms with Crippen LogP contribution in [0.25, 0.3) is 0 Å². The van der Waals surface area contributed by atoms with Crippen LogP contribution < -0.4 is 10.1 Å². The van der Waals surface area contributed by atoms with Gasteiger partial charge in [0.1, 0.15) is 24.7 Å². The SMILES string of the molecule is CCCNC(=O)N(CC(=O)N1CCc2sccc2C1COc1ccc(F)cc1)C(C)CC. The van der Waals surface area contributed by atoms with Crippen LogP contribution in [0.15, 0.2) is 35.7 Å². The van der Waals surface area contributed by atoms with Crippen LogP contribution in [-0.2, 0) is 11.2 Å². The molecule has 0 radical (unpaired) electrons. The zero-order valence-electron chi connectivity index (χ0n) is 19.0. The molecule has 2 aromatic rings. The first-order chi connectivity index (χ1) is 15.4. The van der Waals surface area contributed by atoms with Gasteiger partial charge in [-0.3, -0.25) is 4.79 Å². The van der Waals surface area contributed by atoms with E-state index >= 15 is 0 Å². The minimum absolute atomic E-state index is 0.0249. The normalized spacial score (nSPS) is 16.2. The van der Waals surface area contributed by atoms with E-state index in [2.05, 4.69) is 5.32 Å². The van der Waals surface area contributed by atoms with Crippen molar-refractivity contribution in [3.8, 4) is 5.75 Å². The molecule has 32 heavy (non-hydrogen) atoms. The highest BCUT2D eigenvalue weighted by Crippen LogP contribution is 2.34. The van der Waals surface area contributed by atoms with Gasteiger partial charge in [0.25, 0.3) is 0 Å². The molecule has 6 nitrogen and oxygen atoms in total. The maximum Gasteiger partial charge on any atom is 0.318 e. The van der Waals surface area contributed by atoms with Crippen LogP contribution >= 0.6 is 11.3 Å². The number of amides is 3. The molecule has 1 aliphatic heterocycles. The highest BCUT2D eigenvalue weighted by molar-refractivity contribution is 7.10. The van der Waals surface area contributed by atoms with Gasteiger partial charge in [0.15, 0.2) is 0 Å². The van der Waals surface area contributed by atoms with Crippen molar-refractivity contribution in [2.45, 2.75) is 52.1 Å². The average molecular weight is 462 g/mol. The lowest BCUT2D eigenvalue weighted by Crippen LogP contribution is -2.52. The molecule has 2 atom stereocenters. The number of thiophene rings is 1. The first-order valence-corrected chi connectivity index (χ1v) is 12.1. The van der Waals surface area contributed by atoms with Gasteiger partial charge in [-0.05, 0) is 67.5 Å². The summed E-state index contributed by atoms with van der Waals surface area (Å²) in [4.78, 5) is 30.8. The van der Waals surface area contributed by atoms with Crippen LogP contribution in [0.1, 0.15) is 50.1 Å². The molecule has 0 fully saturated rings. The van der Waals surface area contributed by atoms with Crippen LogP contribution in [-0.4, -0.2) is 54.0 Å². The number of benzene rings is 1. The van der Waals surface area contributed by atoms with E-state index in [0.717, 1.165) is 24.8 Å². The van der Waals surface area contributed by atoms with Gasteiger partial charge in [-0.2, -0.15) is 0 Å². The van der Waals surface area contributed by atoms with Gasteiger partial charge in [-0.1, -0.05) is 13.8 Å². The maximum absolute atomic E-state index is 13.4. The van der Waals surface area contributed by atoms with Crippen LogP contribution in [0.4, 0.5) is 9.18 Å². The van der Waals surface area contributed by atoms with Gasteiger partial charge >= 0.3 is 6.03 Å². The fourth-order valence-corrected chi connectivity index (χ4v) is 4.73. The number of ether oxygens (including phenoxy) is 1. The van der Waals surface area contributed by atoms with E-state index in [1.165, 1.54) is 17.0 Å². The summed E-state index contributed by atoms with van der Waals surface area (Å²) in [5, 5.41) is 4.93. The van der Waals surface area contributed by atoms with E-state index in [9.17, 15) is 14.0 Å². The van der Waals surface area contributed by atoms with E-state index in [1.807, 2.05) is 37.1 Å². The van der Waals surface area contributed by atoms with Crippen molar-refractivity contribution in [2.24, 2.45) is 0 Å². The molecule has 174 valence electrons. The molecular formula is C24H32FN3O3S. The summed E-state index contributed by atoms with van der Waals surface area (Å²) >= 11 is 1.69. The lowest BCUT2D eigenvalue weighted by Gasteiger charge is -2.38. The summed E-state index contributed by atoms with van der Waals surface area (Å²) < 4.78 is 19.2. The Labute approximate surface area is 193 Å². The van der Waals surface area contributed by atoms with Gasteiger partial charge in [-0.15, -0.1) is 11.3 Å². The Morgan fingerprint density at radius 1 is 1.28 bits per heavy atom. The summed E-state index contributed by atoms with van der Waals surface area (Å²) in [7, 11) is 0. The molecule has 1 N–H and O–H groups in total. The number of rotatable bonds is 9. The first kappa shape index (κ1) is 24.0.